The molecule has 0 aliphatic rings. The number of anilines is 1. The molecule has 1 aromatic heterocycles. The Bertz CT molecular complexity index is 1020. The van der Waals surface area contributed by atoms with Crippen LogP contribution in [-0.4, -0.2) is 37.0 Å². The van der Waals surface area contributed by atoms with Crippen LogP contribution in [0.5, 0.6) is 5.75 Å². The Morgan fingerprint density at radius 3 is 2.20 bits per heavy atom. The molecule has 0 saturated carbocycles. The summed E-state index contributed by atoms with van der Waals surface area (Å²) in [5.74, 6) is 1.50. The lowest BCUT2D eigenvalue weighted by Crippen LogP contribution is -2.28. The standard InChI is InChI=1S/C30H42N2O3/c1-4-7-14-28-29(26-13-10-11-15-27(26)35-28)31-30(33)24-16-18-25(19-17-24)34-23-12-22-32(20-8-5-2)21-9-6-3/h10-11,13,15-19H,4-9,12,14,20-23H2,1-3H3,(H,31,33). The summed E-state index contributed by atoms with van der Waals surface area (Å²) in [5.41, 5.74) is 2.20. The maximum Gasteiger partial charge on any atom is 0.255 e. The van der Waals surface area contributed by atoms with Crippen LogP contribution in [0.1, 0.15) is 81.8 Å². The summed E-state index contributed by atoms with van der Waals surface area (Å²) in [4.78, 5) is 15.6. The summed E-state index contributed by atoms with van der Waals surface area (Å²) in [7, 11) is 0. The smallest absolute Gasteiger partial charge is 0.255 e. The molecular formula is C30H42N2O3. The molecule has 0 bridgehead atoms. The predicted octanol–water partition coefficient (Wildman–Crippen LogP) is 7.70. The number of ether oxygens (including phenoxy) is 1. The Kier molecular flexibility index (Phi) is 11.2. The number of hydrogen-bond acceptors (Lipinski definition) is 4. The van der Waals surface area contributed by atoms with Gasteiger partial charge in [-0.2, -0.15) is 0 Å². The first-order valence-corrected chi connectivity index (χ1v) is 13.4. The number of aryl methyl sites for hydroxylation is 1. The highest BCUT2D eigenvalue weighted by Crippen LogP contribution is 2.32. The Morgan fingerprint density at radius 2 is 1.51 bits per heavy atom. The molecule has 1 amide bonds. The van der Waals surface area contributed by atoms with E-state index in [1.165, 1.54) is 38.8 Å². The maximum atomic E-state index is 13.0. The maximum absolute atomic E-state index is 13.0. The SMILES string of the molecule is CCCCc1oc2ccccc2c1NC(=O)c1ccc(OCCCN(CCCC)CCCC)cc1. The molecule has 190 valence electrons. The number of rotatable bonds is 16. The van der Waals surface area contributed by atoms with Crippen LogP contribution in [0.15, 0.2) is 52.9 Å². The number of unbranched alkanes of at least 4 members (excludes halogenated alkanes) is 3. The average Bonchev–Trinajstić information content (AvgIpc) is 3.23. The number of nitrogens with zero attached hydrogens (tertiary/aromatic N) is 1. The third-order valence-corrected chi connectivity index (χ3v) is 6.32. The molecule has 5 heteroatoms. The van der Waals surface area contributed by atoms with Gasteiger partial charge in [-0.3, -0.25) is 4.79 Å². The molecule has 0 atom stereocenters. The van der Waals surface area contributed by atoms with E-state index in [4.69, 9.17) is 9.15 Å². The van der Waals surface area contributed by atoms with Crippen molar-refractivity contribution in [2.75, 3.05) is 31.6 Å². The monoisotopic (exact) mass is 478 g/mol. The Hall–Kier alpha value is -2.79. The molecule has 1 heterocycles. The highest BCUT2D eigenvalue weighted by Gasteiger charge is 2.17. The number of furan rings is 1. The van der Waals surface area contributed by atoms with Crippen molar-refractivity contribution in [1.29, 1.82) is 0 Å². The van der Waals surface area contributed by atoms with Crippen LogP contribution in [0.25, 0.3) is 11.0 Å². The van der Waals surface area contributed by atoms with Crippen LogP contribution < -0.4 is 10.1 Å². The lowest BCUT2D eigenvalue weighted by Gasteiger charge is -2.21. The summed E-state index contributed by atoms with van der Waals surface area (Å²) in [6.45, 7) is 10.7. The number of carbonyl (C=O) groups excluding carboxylic acids is 1. The zero-order valence-corrected chi connectivity index (χ0v) is 21.8. The summed E-state index contributed by atoms with van der Waals surface area (Å²) < 4.78 is 12.0. The molecule has 0 unspecified atom stereocenters. The van der Waals surface area contributed by atoms with E-state index >= 15 is 0 Å². The molecular weight excluding hydrogens is 436 g/mol. The van der Waals surface area contributed by atoms with Gasteiger partial charge in [0.25, 0.3) is 5.91 Å². The highest BCUT2D eigenvalue weighted by molar-refractivity contribution is 6.09. The van der Waals surface area contributed by atoms with Gasteiger partial charge in [-0.1, -0.05) is 52.2 Å². The van der Waals surface area contributed by atoms with Crippen molar-refractivity contribution in [2.24, 2.45) is 0 Å². The number of hydrogen-bond donors (Lipinski definition) is 1. The minimum Gasteiger partial charge on any atom is -0.494 e. The van der Waals surface area contributed by atoms with Gasteiger partial charge in [0.1, 0.15) is 17.1 Å². The lowest BCUT2D eigenvalue weighted by molar-refractivity contribution is 0.102. The Morgan fingerprint density at radius 1 is 0.857 bits per heavy atom. The van der Waals surface area contributed by atoms with E-state index in [0.717, 1.165) is 60.4 Å². The van der Waals surface area contributed by atoms with Gasteiger partial charge in [-0.15, -0.1) is 0 Å². The summed E-state index contributed by atoms with van der Waals surface area (Å²) in [6, 6.07) is 15.3. The molecule has 0 radical (unpaired) electrons. The summed E-state index contributed by atoms with van der Waals surface area (Å²) in [5, 5.41) is 4.04. The zero-order valence-electron chi connectivity index (χ0n) is 21.8. The number of nitrogens with one attached hydrogen (secondary N) is 1. The van der Waals surface area contributed by atoms with Gasteiger partial charge in [-0.05, 0) is 75.2 Å². The molecule has 2 aromatic carbocycles. The van der Waals surface area contributed by atoms with Gasteiger partial charge in [0.2, 0.25) is 0 Å². The average molecular weight is 479 g/mol. The second-order valence-corrected chi connectivity index (χ2v) is 9.23. The third kappa shape index (κ3) is 8.14. The quantitative estimate of drug-likeness (QED) is 0.214. The van der Waals surface area contributed by atoms with Crippen molar-refractivity contribution in [3.63, 3.8) is 0 Å². The molecule has 0 aliphatic carbocycles. The predicted molar refractivity (Wildman–Crippen MR) is 146 cm³/mol. The lowest BCUT2D eigenvalue weighted by atomic mass is 10.1. The topological polar surface area (TPSA) is 54.7 Å². The van der Waals surface area contributed by atoms with E-state index in [0.29, 0.717) is 12.2 Å². The number of carbonyl (C=O) groups is 1. The second-order valence-electron chi connectivity index (χ2n) is 9.23. The van der Waals surface area contributed by atoms with Gasteiger partial charge in [-0.25, -0.2) is 0 Å². The van der Waals surface area contributed by atoms with Crippen LogP contribution in [0, 0.1) is 0 Å². The third-order valence-electron chi connectivity index (χ3n) is 6.32. The molecule has 0 saturated heterocycles. The van der Waals surface area contributed by atoms with Crippen molar-refractivity contribution >= 4 is 22.6 Å². The van der Waals surface area contributed by atoms with Crippen LogP contribution in [-0.2, 0) is 6.42 Å². The summed E-state index contributed by atoms with van der Waals surface area (Å²) in [6.07, 6.45) is 8.87. The summed E-state index contributed by atoms with van der Waals surface area (Å²) >= 11 is 0. The van der Waals surface area contributed by atoms with Crippen LogP contribution in [0.3, 0.4) is 0 Å². The van der Waals surface area contributed by atoms with E-state index in [9.17, 15) is 4.79 Å². The van der Waals surface area contributed by atoms with Crippen LogP contribution >= 0.6 is 0 Å². The largest absolute Gasteiger partial charge is 0.494 e. The fraction of sp³-hybridized carbons (Fsp3) is 0.500. The van der Waals surface area contributed by atoms with E-state index in [1.807, 2.05) is 48.5 Å². The number of fused-ring (bicyclic) bond motifs is 1. The molecule has 35 heavy (non-hydrogen) atoms. The first-order valence-electron chi connectivity index (χ1n) is 13.4. The van der Waals surface area contributed by atoms with Crippen molar-refractivity contribution in [3.8, 4) is 5.75 Å². The van der Waals surface area contributed by atoms with Crippen molar-refractivity contribution < 1.29 is 13.9 Å². The molecule has 3 aromatic rings. The van der Waals surface area contributed by atoms with Crippen LogP contribution in [0.4, 0.5) is 5.69 Å². The minimum atomic E-state index is -0.136. The minimum absolute atomic E-state index is 0.136. The zero-order chi connectivity index (χ0) is 24.9. The van der Waals surface area contributed by atoms with Crippen molar-refractivity contribution in [3.05, 3.63) is 59.9 Å². The van der Waals surface area contributed by atoms with Gasteiger partial charge in [0.05, 0.1) is 12.3 Å². The first kappa shape index (κ1) is 26.8. The van der Waals surface area contributed by atoms with E-state index in [2.05, 4.69) is 31.0 Å². The molecule has 1 N–H and O–H groups in total. The molecule has 0 fully saturated rings. The van der Waals surface area contributed by atoms with Crippen LogP contribution in [0.2, 0.25) is 0 Å². The molecule has 3 rings (SSSR count). The Balaban J connectivity index is 1.54. The van der Waals surface area contributed by atoms with Crippen molar-refractivity contribution in [2.45, 2.75) is 72.1 Å². The molecule has 5 nitrogen and oxygen atoms in total. The van der Waals surface area contributed by atoms with Gasteiger partial charge in [0, 0.05) is 23.9 Å². The number of amides is 1. The van der Waals surface area contributed by atoms with Gasteiger partial charge >= 0.3 is 0 Å². The second kappa shape index (κ2) is 14.6. The first-order chi connectivity index (χ1) is 17.2. The normalized spacial score (nSPS) is 11.3. The number of para-hydroxylation sites is 1. The van der Waals surface area contributed by atoms with E-state index in [-0.39, 0.29) is 5.91 Å². The van der Waals surface area contributed by atoms with Gasteiger partial charge in [0.15, 0.2) is 0 Å². The number of benzene rings is 2. The fourth-order valence-electron chi connectivity index (χ4n) is 4.21. The molecule has 0 spiro atoms. The van der Waals surface area contributed by atoms with Crippen molar-refractivity contribution in [1.82, 2.24) is 4.90 Å². The van der Waals surface area contributed by atoms with E-state index < -0.39 is 0 Å². The molecule has 0 aliphatic heterocycles. The highest BCUT2D eigenvalue weighted by atomic mass is 16.5. The van der Waals surface area contributed by atoms with Gasteiger partial charge < -0.3 is 19.4 Å². The fourth-order valence-corrected chi connectivity index (χ4v) is 4.21. The van der Waals surface area contributed by atoms with E-state index in [1.54, 1.807) is 0 Å². The Labute approximate surface area is 210 Å².